The van der Waals surface area contributed by atoms with Gasteiger partial charge in [-0.1, -0.05) is 66.7 Å². The Bertz CT molecular complexity index is 833. The van der Waals surface area contributed by atoms with E-state index < -0.39 is 0 Å². The Balaban J connectivity index is 2.05. The van der Waals surface area contributed by atoms with E-state index in [4.69, 9.17) is 4.74 Å². The van der Waals surface area contributed by atoms with Crippen molar-refractivity contribution in [2.24, 2.45) is 0 Å². The molecular weight excluding hydrogens is 272 g/mol. The van der Waals surface area contributed by atoms with E-state index in [9.17, 15) is 4.79 Å². The second-order valence-electron chi connectivity index (χ2n) is 4.97. The third-order valence-corrected chi connectivity index (χ3v) is 3.58. The Morgan fingerprint density at radius 3 is 2.41 bits per heavy atom. The van der Waals surface area contributed by atoms with E-state index in [-0.39, 0.29) is 5.78 Å². The maximum absolute atomic E-state index is 12.6. The van der Waals surface area contributed by atoms with Gasteiger partial charge in [-0.2, -0.15) is 0 Å². The van der Waals surface area contributed by atoms with Crippen LogP contribution in [0.15, 0.2) is 72.8 Å². The van der Waals surface area contributed by atoms with Crippen LogP contribution in [0.3, 0.4) is 0 Å². The summed E-state index contributed by atoms with van der Waals surface area (Å²) < 4.78 is 5.37. The molecule has 0 heterocycles. The van der Waals surface area contributed by atoms with Crippen LogP contribution in [0.5, 0.6) is 5.75 Å². The number of ether oxygens (including phenoxy) is 1. The lowest BCUT2D eigenvalue weighted by molar-refractivity contribution is 0.104. The van der Waals surface area contributed by atoms with Gasteiger partial charge in [0.05, 0.1) is 12.7 Å². The minimum atomic E-state index is -0.0579. The quantitative estimate of drug-likeness (QED) is 0.512. The molecule has 0 fully saturated rings. The first kappa shape index (κ1) is 14.1. The molecule has 0 bridgehead atoms. The molecule has 0 spiro atoms. The summed E-state index contributed by atoms with van der Waals surface area (Å²) in [6, 6.07) is 21.4. The zero-order chi connectivity index (χ0) is 15.4. The Hall–Kier alpha value is -2.87. The summed E-state index contributed by atoms with van der Waals surface area (Å²) in [7, 11) is 1.59. The molecule has 0 saturated heterocycles. The maximum Gasteiger partial charge on any atom is 0.190 e. The van der Waals surface area contributed by atoms with Crippen molar-refractivity contribution >= 4 is 22.6 Å². The minimum absolute atomic E-state index is 0.0579. The van der Waals surface area contributed by atoms with Gasteiger partial charge in [-0.05, 0) is 28.5 Å². The van der Waals surface area contributed by atoms with Gasteiger partial charge in [0, 0.05) is 0 Å². The van der Waals surface area contributed by atoms with Gasteiger partial charge in [0.1, 0.15) is 5.75 Å². The predicted octanol–water partition coefficient (Wildman–Crippen LogP) is 4.74. The molecule has 2 heteroatoms. The van der Waals surface area contributed by atoms with E-state index in [2.05, 4.69) is 0 Å². The molecule has 0 aliphatic carbocycles. The Morgan fingerprint density at radius 2 is 1.64 bits per heavy atom. The van der Waals surface area contributed by atoms with Crippen molar-refractivity contribution in [1.29, 1.82) is 0 Å². The summed E-state index contributed by atoms with van der Waals surface area (Å²) in [6.45, 7) is 0. The molecular formula is C20H16O2. The number of ketones is 1. The zero-order valence-electron chi connectivity index (χ0n) is 12.3. The number of carbonyl (C=O) groups is 1. The second-order valence-corrected chi connectivity index (χ2v) is 4.97. The van der Waals surface area contributed by atoms with Crippen LogP contribution in [0.2, 0.25) is 0 Å². The first-order chi connectivity index (χ1) is 10.8. The van der Waals surface area contributed by atoms with Gasteiger partial charge in [0.2, 0.25) is 0 Å². The molecule has 2 nitrogen and oxygen atoms in total. The summed E-state index contributed by atoms with van der Waals surface area (Å²) in [6.07, 6.45) is 3.42. The van der Waals surface area contributed by atoms with Gasteiger partial charge in [0.25, 0.3) is 0 Å². The van der Waals surface area contributed by atoms with Gasteiger partial charge < -0.3 is 4.74 Å². The van der Waals surface area contributed by atoms with E-state index in [1.165, 1.54) is 0 Å². The molecule has 3 aromatic rings. The fourth-order valence-electron chi connectivity index (χ4n) is 2.50. The normalized spacial score (nSPS) is 11.0. The fraction of sp³-hybridized carbons (Fsp3) is 0.0500. The van der Waals surface area contributed by atoms with E-state index >= 15 is 0 Å². The fourth-order valence-corrected chi connectivity index (χ4v) is 2.50. The van der Waals surface area contributed by atoms with Crippen molar-refractivity contribution in [3.8, 4) is 5.75 Å². The van der Waals surface area contributed by atoms with Gasteiger partial charge >= 0.3 is 0 Å². The lowest BCUT2D eigenvalue weighted by atomic mass is 9.99. The number of hydrogen-bond acceptors (Lipinski definition) is 2. The lowest BCUT2D eigenvalue weighted by Gasteiger charge is -2.09. The summed E-state index contributed by atoms with van der Waals surface area (Å²) in [4.78, 5) is 12.6. The smallest absolute Gasteiger partial charge is 0.190 e. The van der Waals surface area contributed by atoms with Crippen molar-refractivity contribution < 1.29 is 9.53 Å². The number of fused-ring (bicyclic) bond motifs is 1. The first-order valence-electron chi connectivity index (χ1n) is 7.13. The van der Waals surface area contributed by atoms with Crippen LogP contribution < -0.4 is 4.74 Å². The molecule has 3 rings (SSSR count). The molecule has 0 amide bonds. The number of hydrogen-bond donors (Lipinski definition) is 0. The zero-order valence-corrected chi connectivity index (χ0v) is 12.3. The Labute approximate surface area is 129 Å². The number of methoxy groups -OCH3 is 1. The molecule has 0 saturated carbocycles. The number of allylic oxidation sites excluding steroid dienone is 1. The minimum Gasteiger partial charge on any atom is -0.496 e. The van der Waals surface area contributed by atoms with Crippen LogP contribution >= 0.6 is 0 Å². The third kappa shape index (κ3) is 2.77. The predicted molar refractivity (Wildman–Crippen MR) is 90.3 cm³/mol. The highest BCUT2D eigenvalue weighted by Gasteiger charge is 2.13. The number of rotatable bonds is 4. The topological polar surface area (TPSA) is 26.3 Å². The van der Waals surface area contributed by atoms with Gasteiger partial charge in [-0.15, -0.1) is 0 Å². The molecule has 0 aromatic heterocycles. The molecule has 0 radical (unpaired) electrons. The molecule has 0 unspecified atom stereocenters. The summed E-state index contributed by atoms with van der Waals surface area (Å²) >= 11 is 0. The van der Waals surface area contributed by atoms with E-state index in [0.717, 1.165) is 16.3 Å². The van der Waals surface area contributed by atoms with E-state index in [0.29, 0.717) is 11.3 Å². The summed E-state index contributed by atoms with van der Waals surface area (Å²) in [5.41, 5.74) is 1.60. The van der Waals surface area contributed by atoms with Crippen molar-refractivity contribution in [2.45, 2.75) is 0 Å². The standard InChI is InChI=1S/C20H16O2/c1-22-19-14-12-16-9-5-6-10-17(16)20(19)18(21)13-11-15-7-3-2-4-8-15/h2-14H,1H3. The van der Waals surface area contributed by atoms with Crippen LogP contribution in [0.1, 0.15) is 15.9 Å². The highest BCUT2D eigenvalue weighted by Crippen LogP contribution is 2.28. The highest BCUT2D eigenvalue weighted by atomic mass is 16.5. The Kier molecular flexibility index (Phi) is 4.01. The van der Waals surface area contributed by atoms with Gasteiger partial charge in [0.15, 0.2) is 5.78 Å². The highest BCUT2D eigenvalue weighted by molar-refractivity contribution is 6.16. The molecule has 22 heavy (non-hydrogen) atoms. The summed E-state index contributed by atoms with van der Waals surface area (Å²) in [5, 5.41) is 1.93. The average molecular weight is 288 g/mol. The Morgan fingerprint density at radius 1 is 0.909 bits per heavy atom. The maximum atomic E-state index is 12.6. The van der Waals surface area contributed by atoms with Gasteiger partial charge in [-0.25, -0.2) is 0 Å². The van der Waals surface area contributed by atoms with Crippen molar-refractivity contribution in [1.82, 2.24) is 0 Å². The van der Waals surface area contributed by atoms with Crippen molar-refractivity contribution in [3.63, 3.8) is 0 Å². The van der Waals surface area contributed by atoms with E-state index in [1.807, 2.05) is 72.8 Å². The second kappa shape index (κ2) is 6.27. The van der Waals surface area contributed by atoms with Crippen LogP contribution in [-0.2, 0) is 0 Å². The largest absolute Gasteiger partial charge is 0.496 e. The number of benzene rings is 3. The molecule has 0 N–H and O–H groups in total. The van der Waals surface area contributed by atoms with Crippen LogP contribution in [-0.4, -0.2) is 12.9 Å². The van der Waals surface area contributed by atoms with Crippen molar-refractivity contribution in [3.05, 3.63) is 83.9 Å². The SMILES string of the molecule is COc1ccc2ccccc2c1C(=O)C=Cc1ccccc1. The number of carbonyl (C=O) groups excluding carboxylic acids is 1. The monoisotopic (exact) mass is 288 g/mol. The first-order valence-corrected chi connectivity index (χ1v) is 7.13. The third-order valence-electron chi connectivity index (χ3n) is 3.58. The van der Waals surface area contributed by atoms with Crippen LogP contribution in [0.25, 0.3) is 16.8 Å². The van der Waals surface area contributed by atoms with Crippen LogP contribution in [0.4, 0.5) is 0 Å². The average Bonchev–Trinajstić information content (AvgIpc) is 2.59. The molecule has 108 valence electrons. The molecule has 0 aliphatic rings. The lowest BCUT2D eigenvalue weighted by Crippen LogP contribution is -2.00. The van der Waals surface area contributed by atoms with E-state index in [1.54, 1.807) is 13.2 Å². The molecule has 3 aromatic carbocycles. The van der Waals surface area contributed by atoms with Crippen LogP contribution in [0, 0.1) is 0 Å². The summed E-state index contributed by atoms with van der Waals surface area (Å²) in [5.74, 6) is 0.541. The molecule has 0 aliphatic heterocycles. The van der Waals surface area contributed by atoms with Gasteiger partial charge in [-0.3, -0.25) is 4.79 Å². The molecule has 0 atom stereocenters. The van der Waals surface area contributed by atoms with Crippen molar-refractivity contribution in [2.75, 3.05) is 7.11 Å².